The number of hydrogen-bond acceptors (Lipinski definition) is 4. The third-order valence-electron chi connectivity index (χ3n) is 3.68. The number of anilines is 1. The van der Waals surface area contributed by atoms with Gasteiger partial charge in [-0.1, -0.05) is 18.2 Å². The highest BCUT2D eigenvalue weighted by Crippen LogP contribution is 2.28. The number of carbonyl (C=O) groups is 1. The molecule has 25 heavy (non-hydrogen) atoms. The second-order valence-corrected chi connectivity index (χ2v) is 5.66. The van der Waals surface area contributed by atoms with E-state index in [4.69, 9.17) is 14.2 Å². The Morgan fingerprint density at radius 3 is 2.48 bits per heavy atom. The molecular weight excluding hydrogens is 320 g/mol. The monoisotopic (exact) mass is 345 g/mol. The van der Waals surface area contributed by atoms with E-state index in [1.165, 1.54) is 0 Å². The minimum atomic E-state index is -0.0937. The molecule has 1 unspecified atom stereocenters. The Bertz CT molecular complexity index is 676. The first-order valence-corrected chi connectivity index (χ1v) is 8.13. The molecule has 0 spiro atoms. The number of benzene rings is 2. The number of likely N-dealkylation sites (N-methyl/N-ethyl adjacent to an activating group) is 1. The fourth-order valence-electron chi connectivity index (χ4n) is 2.33. The predicted molar refractivity (Wildman–Crippen MR) is 96.7 cm³/mol. The van der Waals surface area contributed by atoms with E-state index in [9.17, 15) is 4.79 Å². The SMILES string of the molecule is COc1ccc(OC)c(NC(=O)C[NH+](C)CCOc2ccccc2)c1. The highest BCUT2D eigenvalue weighted by Gasteiger charge is 2.13. The van der Waals surface area contributed by atoms with Crippen LogP contribution in [0, 0.1) is 0 Å². The van der Waals surface area contributed by atoms with Gasteiger partial charge in [-0.3, -0.25) is 4.79 Å². The normalized spacial score (nSPS) is 11.5. The second kappa shape index (κ2) is 9.54. The van der Waals surface area contributed by atoms with Gasteiger partial charge in [0.1, 0.15) is 30.4 Å². The molecule has 2 aromatic carbocycles. The number of carbonyl (C=O) groups excluding carboxylic acids is 1. The van der Waals surface area contributed by atoms with Crippen molar-refractivity contribution >= 4 is 11.6 Å². The van der Waals surface area contributed by atoms with Crippen LogP contribution in [0.1, 0.15) is 0 Å². The number of rotatable bonds is 9. The zero-order valence-corrected chi connectivity index (χ0v) is 14.9. The van der Waals surface area contributed by atoms with Crippen molar-refractivity contribution in [3.8, 4) is 17.2 Å². The summed E-state index contributed by atoms with van der Waals surface area (Å²) >= 11 is 0. The molecule has 2 aromatic rings. The van der Waals surface area contributed by atoms with Gasteiger partial charge in [0.25, 0.3) is 5.91 Å². The lowest BCUT2D eigenvalue weighted by molar-refractivity contribution is -0.871. The van der Waals surface area contributed by atoms with Crippen molar-refractivity contribution < 1.29 is 23.9 Å². The first-order chi connectivity index (χ1) is 12.1. The van der Waals surface area contributed by atoms with E-state index < -0.39 is 0 Å². The largest absolute Gasteiger partial charge is 0.497 e. The van der Waals surface area contributed by atoms with Gasteiger partial charge >= 0.3 is 0 Å². The molecule has 1 atom stereocenters. The van der Waals surface area contributed by atoms with Crippen LogP contribution in [-0.4, -0.2) is 46.9 Å². The van der Waals surface area contributed by atoms with Gasteiger partial charge in [-0.05, 0) is 24.3 Å². The molecule has 0 aromatic heterocycles. The van der Waals surface area contributed by atoms with Gasteiger partial charge in [0.15, 0.2) is 6.54 Å². The molecule has 134 valence electrons. The molecule has 2 N–H and O–H groups in total. The third kappa shape index (κ3) is 6.00. The van der Waals surface area contributed by atoms with Crippen LogP contribution in [0.2, 0.25) is 0 Å². The Morgan fingerprint density at radius 1 is 1.04 bits per heavy atom. The summed E-state index contributed by atoms with van der Waals surface area (Å²) in [7, 11) is 5.10. The Hall–Kier alpha value is -2.73. The maximum atomic E-state index is 12.3. The van der Waals surface area contributed by atoms with Gasteiger partial charge in [-0.2, -0.15) is 0 Å². The fraction of sp³-hybridized carbons (Fsp3) is 0.316. The molecule has 1 amide bonds. The Morgan fingerprint density at radius 2 is 1.80 bits per heavy atom. The van der Waals surface area contributed by atoms with Gasteiger partial charge in [0.05, 0.1) is 27.0 Å². The topological polar surface area (TPSA) is 61.2 Å². The second-order valence-electron chi connectivity index (χ2n) is 5.66. The standard InChI is InChI=1S/C19H24N2O4/c1-21(11-12-25-15-7-5-4-6-8-15)14-19(22)20-17-13-16(23-2)9-10-18(17)24-3/h4-10,13H,11-12,14H2,1-3H3,(H,20,22)/p+1. The van der Waals surface area contributed by atoms with E-state index in [0.29, 0.717) is 30.3 Å². The van der Waals surface area contributed by atoms with Gasteiger partial charge in [0, 0.05) is 6.07 Å². The average Bonchev–Trinajstić information content (AvgIpc) is 2.62. The molecule has 0 heterocycles. The van der Waals surface area contributed by atoms with Crippen molar-refractivity contribution in [1.29, 1.82) is 0 Å². The molecule has 0 saturated carbocycles. The van der Waals surface area contributed by atoms with Gasteiger partial charge in [-0.15, -0.1) is 0 Å². The molecule has 0 radical (unpaired) electrons. The quantitative estimate of drug-likeness (QED) is 0.718. The van der Waals surface area contributed by atoms with E-state index in [1.54, 1.807) is 32.4 Å². The first-order valence-electron chi connectivity index (χ1n) is 8.13. The van der Waals surface area contributed by atoms with Crippen LogP contribution in [0.3, 0.4) is 0 Å². The Labute approximate surface area is 148 Å². The zero-order chi connectivity index (χ0) is 18.1. The lowest BCUT2D eigenvalue weighted by Gasteiger charge is -2.15. The van der Waals surface area contributed by atoms with Crippen molar-refractivity contribution in [1.82, 2.24) is 0 Å². The fourth-order valence-corrected chi connectivity index (χ4v) is 2.33. The van der Waals surface area contributed by atoms with E-state index >= 15 is 0 Å². The molecule has 6 heteroatoms. The Kier molecular flexibility index (Phi) is 7.10. The van der Waals surface area contributed by atoms with Crippen molar-refractivity contribution in [2.75, 3.05) is 46.3 Å². The third-order valence-corrected chi connectivity index (χ3v) is 3.68. The highest BCUT2D eigenvalue weighted by atomic mass is 16.5. The maximum absolute atomic E-state index is 12.3. The van der Waals surface area contributed by atoms with Crippen molar-refractivity contribution in [3.63, 3.8) is 0 Å². The van der Waals surface area contributed by atoms with Gasteiger partial charge in [-0.25, -0.2) is 0 Å². The summed E-state index contributed by atoms with van der Waals surface area (Å²) < 4.78 is 16.1. The van der Waals surface area contributed by atoms with Crippen LogP contribution < -0.4 is 24.4 Å². The summed E-state index contributed by atoms with van der Waals surface area (Å²) in [5.74, 6) is 2.00. The average molecular weight is 345 g/mol. The zero-order valence-electron chi connectivity index (χ0n) is 14.9. The molecule has 0 aliphatic rings. The molecule has 0 saturated heterocycles. The molecule has 6 nitrogen and oxygen atoms in total. The van der Waals surface area contributed by atoms with Crippen LogP contribution in [-0.2, 0) is 4.79 Å². The van der Waals surface area contributed by atoms with E-state index in [2.05, 4.69) is 5.32 Å². The molecular formula is C19H25N2O4+. The van der Waals surface area contributed by atoms with Crippen molar-refractivity contribution in [2.45, 2.75) is 0 Å². The minimum absolute atomic E-state index is 0.0937. The first kappa shape index (κ1) is 18.6. The predicted octanol–water partition coefficient (Wildman–Crippen LogP) is 1.24. The number of ether oxygens (including phenoxy) is 3. The van der Waals surface area contributed by atoms with Gasteiger partial charge < -0.3 is 24.4 Å². The number of nitrogens with one attached hydrogen (secondary N) is 2. The number of para-hydroxylation sites is 1. The highest BCUT2D eigenvalue weighted by molar-refractivity contribution is 5.93. The van der Waals surface area contributed by atoms with Crippen molar-refractivity contribution in [2.24, 2.45) is 0 Å². The summed E-state index contributed by atoms with van der Waals surface area (Å²) in [5, 5.41) is 2.87. The van der Waals surface area contributed by atoms with E-state index in [1.807, 2.05) is 37.4 Å². The van der Waals surface area contributed by atoms with Crippen LogP contribution in [0.4, 0.5) is 5.69 Å². The van der Waals surface area contributed by atoms with E-state index in [-0.39, 0.29) is 5.91 Å². The van der Waals surface area contributed by atoms with Crippen LogP contribution in [0.25, 0.3) is 0 Å². The number of hydrogen-bond donors (Lipinski definition) is 2. The van der Waals surface area contributed by atoms with Gasteiger partial charge in [0.2, 0.25) is 0 Å². The number of quaternary nitrogens is 1. The smallest absolute Gasteiger partial charge is 0.279 e. The summed E-state index contributed by atoms with van der Waals surface area (Å²) in [6, 6.07) is 14.9. The van der Waals surface area contributed by atoms with Crippen LogP contribution >= 0.6 is 0 Å². The summed E-state index contributed by atoms with van der Waals surface area (Å²) in [6.45, 7) is 1.60. The molecule has 0 fully saturated rings. The number of methoxy groups -OCH3 is 2. The van der Waals surface area contributed by atoms with Crippen LogP contribution in [0.5, 0.6) is 17.2 Å². The van der Waals surface area contributed by atoms with Crippen LogP contribution in [0.15, 0.2) is 48.5 Å². The minimum Gasteiger partial charge on any atom is -0.497 e. The summed E-state index contributed by atoms with van der Waals surface area (Å²) in [4.78, 5) is 13.3. The number of amides is 1. The lowest BCUT2D eigenvalue weighted by Crippen LogP contribution is -3.10. The Balaban J connectivity index is 1.81. The maximum Gasteiger partial charge on any atom is 0.279 e. The molecule has 0 aliphatic heterocycles. The molecule has 2 rings (SSSR count). The molecule has 0 aliphatic carbocycles. The lowest BCUT2D eigenvalue weighted by atomic mass is 10.2. The van der Waals surface area contributed by atoms with E-state index in [0.717, 1.165) is 17.2 Å². The molecule has 0 bridgehead atoms. The van der Waals surface area contributed by atoms with Crippen molar-refractivity contribution in [3.05, 3.63) is 48.5 Å². The summed E-state index contributed by atoms with van der Waals surface area (Å²) in [5.41, 5.74) is 0.597. The summed E-state index contributed by atoms with van der Waals surface area (Å²) in [6.07, 6.45) is 0.